The van der Waals surface area contributed by atoms with E-state index < -0.39 is 0 Å². The fourth-order valence-electron chi connectivity index (χ4n) is 1.19. The molecule has 70 valence electrons. The zero-order valence-corrected chi connectivity index (χ0v) is 8.02. The van der Waals surface area contributed by atoms with Crippen molar-refractivity contribution in [3.05, 3.63) is 0 Å². The monoisotopic (exact) mass is 161 g/mol. The van der Waals surface area contributed by atoms with E-state index >= 15 is 0 Å². The smallest absolute Gasteiger partial charge is 0.0480 e. The van der Waals surface area contributed by atoms with Crippen molar-refractivity contribution < 1.29 is 6.16 Å². The Balaban J connectivity index is 0. The van der Waals surface area contributed by atoms with Crippen LogP contribution in [0.25, 0.3) is 0 Å². The summed E-state index contributed by atoms with van der Waals surface area (Å²) in [6, 6.07) is 0.726. The fourth-order valence-corrected chi connectivity index (χ4v) is 1.19. The van der Waals surface area contributed by atoms with E-state index in [2.05, 4.69) is 12.2 Å². The lowest BCUT2D eigenvalue weighted by atomic mass is 10.1. The molecule has 0 unspecified atom stereocenters. The van der Waals surface area contributed by atoms with Crippen molar-refractivity contribution in [2.24, 2.45) is 0 Å². The van der Waals surface area contributed by atoms with Gasteiger partial charge in [0.05, 0.1) is 0 Å². The summed E-state index contributed by atoms with van der Waals surface area (Å²) in [6.45, 7) is 9.12. The van der Waals surface area contributed by atoms with E-state index in [-0.39, 0.29) is 1.43 Å². The van der Waals surface area contributed by atoms with Crippen LogP contribution in [0.4, 0.5) is 0 Å². The van der Waals surface area contributed by atoms with Gasteiger partial charge in [-0.05, 0) is 19.4 Å². The van der Waals surface area contributed by atoms with Crippen LogP contribution in [-0.2, 0) is 4.74 Å². The van der Waals surface area contributed by atoms with Gasteiger partial charge in [-0.15, -0.1) is 0 Å². The van der Waals surface area contributed by atoms with E-state index in [1.807, 2.05) is 13.8 Å². The van der Waals surface area contributed by atoms with Gasteiger partial charge in [0.15, 0.2) is 0 Å². The zero-order valence-electron chi connectivity index (χ0n) is 8.02. The quantitative estimate of drug-likeness (QED) is 0.669. The summed E-state index contributed by atoms with van der Waals surface area (Å²) in [5.41, 5.74) is 0. The Bertz CT molecular complexity index is 72.2. The molecule has 11 heavy (non-hydrogen) atoms. The molecular formula is C9H23NO. The van der Waals surface area contributed by atoms with Crippen LogP contribution < -0.4 is 5.32 Å². The van der Waals surface area contributed by atoms with Crippen molar-refractivity contribution in [1.29, 1.82) is 0 Å². The van der Waals surface area contributed by atoms with Crippen LogP contribution in [0.1, 0.15) is 35.0 Å². The molecule has 0 bridgehead atoms. The molecule has 2 nitrogen and oxygen atoms in total. The lowest BCUT2D eigenvalue weighted by Gasteiger charge is -2.22. The zero-order chi connectivity index (χ0) is 8.53. The molecule has 1 aliphatic heterocycles. The molecule has 1 rings (SSSR count). The highest BCUT2D eigenvalue weighted by atomic mass is 16.5. The van der Waals surface area contributed by atoms with Crippen LogP contribution >= 0.6 is 0 Å². The van der Waals surface area contributed by atoms with Gasteiger partial charge in [0, 0.05) is 20.7 Å². The van der Waals surface area contributed by atoms with E-state index in [0.717, 1.165) is 25.8 Å². The third-order valence-electron chi connectivity index (χ3n) is 1.71. The standard InChI is InChI=1S/C7H15NO.C2H6.H2/c1-2-8-7-3-5-9-6-4-7;1-2;/h7-8H,2-6H2,1H3;1-2H3;1H. The van der Waals surface area contributed by atoms with Crippen LogP contribution in [0.5, 0.6) is 0 Å². The van der Waals surface area contributed by atoms with Crippen LogP contribution in [0.3, 0.4) is 0 Å². The third kappa shape index (κ3) is 5.22. The molecule has 0 aromatic heterocycles. The maximum atomic E-state index is 5.21. The van der Waals surface area contributed by atoms with Gasteiger partial charge in [-0.2, -0.15) is 0 Å². The van der Waals surface area contributed by atoms with Gasteiger partial charge in [0.1, 0.15) is 0 Å². The first-order chi connectivity index (χ1) is 5.43. The van der Waals surface area contributed by atoms with Gasteiger partial charge in [0.25, 0.3) is 0 Å². The molecule has 2 heteroatoms. The molecule has 0 amide bonds. The molecule has 1 saturated heterocycles. The molecule has 1 N–H and O–H groups in total. The minimum atomic E-state index is 0. The van der Waals surface area contributed by atoms with E-state index in [1.54, 1.807) is 0 Å². The summed E-state index contributed by atoms with van der Waals surface area (Å²) >= 11 is 0. The van der Waals surface area contributed by atoms with Crippen LogP contribution in [-0.4, -0.2) is 25.8 Å². The van der Waals surface area contributed by atoms with Crippen molar-refractivity contribution in [1.82, 2.24) is 5.32 Å². The highest BCUT2D eigenvalue weighted by Crippen LogP contribution is 2.04. The Labute approximate surface area is 71.8 Å². The van der Waals surface area contributed by atoms with Crippen molar-refractivity contribution in [3.8, 4) is 0 Å². The highest BCUT2D eigenvalue weighted by molar-refractivity contribution is 4.68. The molecule has 0 saturated carbocycles. The number of nitrogens with one attached hydrogen (secondary N) is 1. The van der Waals surface area contributed by atoms with E-state index in [9.17, 15) is 0 Å². The first-order valence-electron chi connectivity index (χ1n) is 4.74. The van der Waals surface area contributed by atoms with Crippen molar-refractivity contribution in [3.63, 3.8) is 0 Å². The molecule has 0 aromatic rings. The van der Waals surface area contributed by atoms with Gasteiger partial charge < -0.3 is 10.1 Å². The molecule has 1 heterocycles. The second-order valence-electron chi connectivity index (χ2n) is 2.44. The number of hydrogen-bond donors (Lipinski definition) is 1. The first kappa shape index (κ1) is 10.9. The Morgan fingerprint density at radius 1 is 1.36 bits per heavy atom. The van der Waals surface area contributed by atoms with Gasteiger partial charge in [-0.3, -0.25) is 0 Å². The summed E-state index contributed by atoms with van der Waals surface area (Å²) in [7, 11) is 0. The number of rotatable bonds is 2. The SMILES string of the molecule is CC.CCNC1CCOCC1.[HH]. The molecule has 0 atom stereocenters. The van der Waals surface area contributed by atoms with Crippen molar-refractivity contribution in [2.75, 3.05) is 19.8 Å². The lowest BCUT2D eigenvalue weighted by Crippen LogP contribution is -2.34. The Hall–Kier alpha value is -0.0800. The van der Waals surface area contributed by atoms with E-state index in [1.165, 1.54) is 12.8 Å². The second-order valence-corrected chi connectivity index (χ2v) is 2.44. The Morgan fingerprint density at radius 2 is 1.91 bits per heavy atom. The van der Waals surface area contributed by atoms with Crippen LogP contribution in [0, 0.1) is 0 Å². The lowest BCUT2D eigenvalue weighted by molar-refractivity contribution is 0.0785. The summed E-state index contributed by atoms with van der Waals surface area (Å²) in [6.07, 6.45) is 2.38. The van der Waals surface area contributed by atoms with E-state index in [0.29, 0.717) is 0 Å². The topological polar surface area (TPSA) is 21.3 Å². The second kappa shape index (κ2) is 8.02. The van der Waals surface area contributed by atoms with Crippen LogP contribution in [0.15, 0.2) is 0 Å². The predicted octanol–water partition coefficient (Wildman–Crippen LogP) is 2.05. The van der Waals surface area contributed by atoms with Gasteiger partial charge in [-0.1, -0.05) is 20.8 Å². The molecule has 0 radical (unpaired) electrons. The molecular weight excluding hydrogens is 138 g/mol. The van der Waals surface area contributed by atoms with Crippen molar-refractivity contribution >= 4 is 0 Å². The summed E-state index contributed by atoms with van der Waals surface area (Å²) < 4.78 is 5.21. The molecule has 1 aliphatic rings. The highest BCUT2D eigenvalue weighted by Gasteiger charge is 2.10. The largest absolute Gasteiger partial charge is 0.381 e. The normalized spacial score (nSPS) is 18.8. The Kier molecular flexibility index (Phi) is 7.96. The molecule has 1 fully saturated rings. The summed E-state index contributed by atoms with van der Waals surface area (Å²) in [5.74, 6) is 0. The number of hydrogen-bond acceptors (Lipinski definition) is 2. The van der Waals surface area contributed by atoms with E-state index in [4.69, 9.17) is 4.74 Å². The van der Waals surface area contributed by atoms with Gasteiger partial charge >= 0.3 is 0 Å². The molecule has 0 aromatic carbocycles. The number of ether oxygens (including phenoxy) is 1. The molecule has 0 spiro atoms. The average Bonchev–Trinajstić information content (AvgIpc) is 2.11. The average molecular weight is 161 g/mol. The maximum absolute atomic E-state index is 5.21. The minimum Gasteiger partial charge on any atom is -0.381 e. The molecule has 0 aliphatic carbocycles. The minimum absolute atomic E-state index is 0. The van der Waals surface area contributed by atoms with Crippen molar-refractivity contribution in [2.45, 2.75) is 39.7 Å². The van der Waals surface area contributed by atoms with Gasteiger partial charge in [0.2, 0.25) is 0 Å². The summed E-state index contributed by atoms with van der Waals surface area (Å²) in [5, 5.41) is 3.40. The van der Waals surface area contributed by atoms with Gasteiger partial charge in [-0.25, -0.2) is 0 Å². The van der Waals surface area contributed by atoms with Crippen LogP contribution in [0.2, 0.25) is 0 Å². The fraction of sp³-hybridized carbons (Fsp3) is 1.00. The first-order valence-corrected chi connectivity index (χ1v) is 4.74. The Morgan fingerprint density at radius 3 is 2.36 bits per heavy atom. The maximum Gasteiger partial charge on any atom is 0.0480 e. The third-order valence-corrected chi connectivity index (χ3v) is 1.71. The predicted molar refractivity (Wildman–Crippen MR) is 51.0 cm³/mol. The summed E-state index contributed by atoms with van der Waals surface area (Å²) in [4.78, 5) is 0.